The molecule has 0 heterocycles. The largest absolute Gasteiger partial charge is 0.449 e. The molecule has 170 valence electrons. The molecule has 14 heteroatoms. The average Bonchev–Trinajstić information content (AvgIpc) is 2.63. The number of esters is 2. The number of carbonyl (C=O) groups is 2. The van der Waals surface area contributed by atoms with E-state index in [9.17, 15) is 49.8 Å². The Morgan fingerprint density at radius 2 is 1.30 bits per heavy atom. The van der Waals surface area contributed by atoms with Gasteiger partial charge in [0.2, 0.25) is 5.67 Å². The van der Waals surface area contributed by atoms with Crippen molar-refractivity contribution in [1.29, 1.82) is 0 Å². The van der Waals surface area contributed by atoms with E-state index in [0.29, 0.717) is 0 Å². The molecule has 2 saturated carbocycles. The minimum Gasteiger partial charge on any atom is -0.449 e. The van der Waals surface area contributed by atoms with Gasteiger partial charge >= 0.3 is 35.6 Å². The summed E-state index contributed by atoms with van der Waals surface area (Å²) < 4.78 is 139. The third-order valence-corrected chi connectivity index (χ3v) is 5.15. The smallest absolute Gasteiger partial charge is 0.356 e. The van der Waals surface area contributed by atoms with Crippen LogP contribution in [-0.4, -0.2) is 64.2 Å². The molecule has 0 radical (unpaired) electrons. The molecular formula is C16H13F9O5. The fourth-order valence-corrected chi connectivity index (χ4v) is 3.64. The van der Waals surface area contributed by atoms with E-state index in [1.165, 1.54) is 0 Å². The Bertz CT molecular complexity index is 792. The summed E-state index contributed by atoms with van der Waals surface area (Å²) in [5, 5.41) is 9.89. The number of carbonyl (C=O) groups excluding carboxylic acids is 2. The van der Waals surface area contributed by atoms with Crippen molar-refractivity contribution in [2.75, 3.05) is 6.67 Å². The van der Waals surface area contributed by atoms with Crippen molar-refractivity contribution in [3.63, 3.8) is 0 Å². The van der Waals surface area contributed by atoms with Gasteiger partial charge in [-0.15, -0.1) is 0 Å². The average molecular weight is 456 g/mol. The summed E-state index contributed by atoms with van der Waals surface area (Å²) in [6, 6.07) is 0. The molecule has 0 spiro atoms. The van der Waals surface area contributed by atoms with E-state index >= 15 is 4.39 Å². The Balaban J connectivity index is 2.94. The van der Waals surface area contributed by atoms with Crippen LogP contribution in [-0.2, 0) is 19.1 Å². The normalized spacial score (nSPS) is 40.7. The highest BCUT2D eigenvalue weighted by atomic mass is 19.3. The lowest BCUT2D eigenvalue weighted by molar-refractivity contribution is -0.499. The first-order valence-corrected chi connectivity index (χ1v) is 7.89. The first kappa shape index (κ1) is 24.0. The third kappa shape index (κ3) is 2.42. The van der Waals surface area contributed by atoms with Crippen LogP contribution in [0, 0.1) is 0 Å². The van der Waals surface area contributed by atoms with E-state index in [1.807, 2.05) is 0 Å². The molecule has 30 heavy (non-hydrogen) atoms. The number of alkyl halides is 9. The minimum absolute atomic E-state index is 0.0472. The molecule has 2 aliphatic carbocycles. The number of hydrogen-bond donors (Lipinski definition) is 1. The zero-order chi connectivity index (χ0) is 23.6. The lowest BCUT2D eigenvalue weighted by Gasteiger charge is -2.64. The number of rotatable bonds is 5. The van der Waals surface area contributed by atoms with Crippen LogP contribution in [0.15, 0.2) is 25.3 Å². The summed E-state index contributed by atoms with van der Waals surface area (Å²) in [5.74, 6) is -28.0. The van der Waals surface area contributed by atoms with Gasteiger partial charge < -0.3 is 14.6 Å². The second-order valence-corrected chi connectivity index (χ2v) is 6.86. The lowest BCUT2D eigenvalue weighted by Crippen LogP contribution is -2.92. The maximum atomic E-state index is 15.1. The number of aliphatic hydroxyl groups is 1. The fourth-order valence-electron chi connectivity index (χ4n) is 3.64. The van der Waals surface area contributed by atoms with Crippen molar-refractivity contribution in [1.82, 2.24) is 0 Å². The van der Waals surface area contributed by atoms with Crippen LogP contribution in [0.2, 0.25) is 0 Å². The highest BCUT2D eigenvalue weighted by Crippen LogP contribution is 2.72. The molecule has 0 aromatic heterocycles. The van der Waals surface area contributed by atoms with Crippen LogP contribution in [0.25, 0.3) is 0 Å². The molecule has 2 rings (SSSR count). The zero-order valence-electron chi connectivity index (χ0n) is 14.7. The summed E-state index contributed by atoms with van der Waals surface area (Å²) >= 11 is 0. The Kier molecular flexibility index (Phi) is 5.10. The molecule has 0 saturated heterocycles. The van der Waals surface area contributed by atoms with Crippen LogP contribution in [0.1, 0.15) is 12.8 Å². The molecule has 2 fully saturated rings. The quantitative estimate of drug-likeness (QED) is 0.392. The number of ether oxygens (including phenoxy) is 2. The van der Waals surface area contributed by atoms with Gasteiger partial charge in [0.15, 0.2) is 5.60 Å². The van der Waals surface area contributed by atoms with Gasteiger partial charge in [-0.1, -0.05) is 13.2 Å². The predicted octanol–water partition coefficient (Wildman–Crippen LogP) is 2.97. The van der Waals surface area contributed by atoms with E-state index in [0.717, 1.165) is 0 Å². The van der Waals surface area contributed by atoms with E-state index in [-0.39, 0.29) is 12.2 Å². The van der Waals surface area contributed by atoms with Gasteiger partial charge in [0.1, 0.15) is 6.67 Å². The fraction of sp³-hybridized carbons (Fsp3) is 0.625. The first-order chi connectivity index (χ1) is 13.4. The van der Waals surface area contributed by atoms with Gasteiger partial charge in [0.05, 0.1) is 6.42 Å². The van der Waals surface area contributed by atoms with Gasteiger partial charge in [-0.3, -0.25) is 0 Å². The van der Waals surface area contributed by atoms with Crippen LogP contribution < -0.4 is 0 Å². The first-order valence-electron chi connectivity index (χ1n) is 7.89. The van der Waals surface area contributed by atoms with Crippen LogP contribution >= 0.6 is 0 Å². The van der Waals surface area contributed by atoms with Gasteiger partial charge in [0.25, 0.3) is 5.60 Å². The Labute approximate surface area is 162 Å². The molecule has 0 amide bonds. The van der Waals surface area contributed by atoms with Crippen LogP contribution in [0.5, 0.6) is 0 Å². The monoisotopic (exact) mass is 456 g/mol. The summed E-state index contributed by atoms with van der Waals surface area (Å²) in [6.45, 7) is 2.57. The van der Waals surface area contributed by atoms with Crippen molar-refractivity contribution >= 4 is 11.9 Å². The molecule has 0 aliphatic heterocycles. The molecule has 4 unspecified atom stereocenters. The summed E-state index contributed by atoms with van der Waals surface area (Å²) in [6.07, 6.45) is -5.06. The topological polar surface area (TPSA) is 72.8 Å². The highest BCUT2D eigenvalue weighted by Gasteiger charge is 3.00. The number of fused-ring (bicyclic) bond motifs is 2. The minimum atomic E-state index is -6.44. The standard InChI is InChI=1S/C16H13F9O5/c1-3-8(26)29-11-5-10(18,7-17)14(20,21)13(28,15(11,22)23)16(24,25)12(19,6-11)30-9(27)4-2/h3-4,28H,1-2,5-7H2. The molecule has 2 aliphatic rings. The second kappa shape index (κ2) is 6.37. The van der Waals surface area contributed by atoms with Crippen molar-refractivity contribution < 1.29 is 63.7 Å². The summed E-state index contributed by atoms with van der Waals surface area (Å²) in [7, 11) is 0. The molecule has 2 bridgehead atoms. The Morgan fingerprint density at radius 3 is 1.73 bits per heavy atom. The molecule has 0 aromatic carbocycles. The van der Waals surface area contributed by atoms with E-state index < -0.39 is 71.9 Å². The van der Waals surface area contributed by atoms with Gasteiger partial charge in [-0.2, -0.15) is 30.7 Å². The van der Waals surface area contributed by atoms with Crippen molar-refractivity contribution in [3.8, 4) is 0 Å². The van der Waals surface area contributed by atoms with Crippen molar-refractivity contribution in [2.24, 2.45) is 0 Å². The molecule has 0 aromatic rings. The zero-order valence-corrected chi connectivity index (χ0v) is 14.7. The van der Waals surface area contributed by atoms with Gasteiger partial charge in [-0.05, 0) is 0 Å². The van der Waals surface area contributed by atoms with Crippen LogP contribution in [0.4, 0.5) is 39.5 Å². The van der Waals surface area contributed by atoms with Crippen molar-refractivity contribution in [3.05, 3.63) is 25.3 Å². The highest BCUT2D eigenvalue weighted by molar-refractivity contribution is 5.82. The van der Waals surface area contributed by atoms with Gasteiger partial charge in [-0.25, -0.2) is 18.4 Å². The SMILES string of the molecule is C=CC(=O)OC1(F)CC2(OC(=O)C=C)CC(F)(CF)C(F)(F)C(O)(C1(F)F)C2(F)F. The predicted molar refractivity (Wildman–Crippen MR) is 78.0 cm³/mol. The number of hydrogen-bond acceptors (Lipinski definition) is 5. The molecule has 1 N–H and O–H groups in total. The van der Waals surface area contributed by atoms with Crippen LogP contribution in [0.3, 0.4) is 0 Å². The molecular weight excluding hydrogens is 443 g/mol. The Morgan fingerprint density at radius 1 is 0.833 bits per heavy atom. The third-order valence-electron chi connectivity index (χ3n) is 5.15. The second-order valence-electron chi connectivity index (χ2n) is 6.86. The van der Waals surface area contributed by atoms with Gasteiger partial charge in [0, 0.05) is 18.6 Å². The lowest BCUT2D eigenvalue weighted by atomic mass is 9.54. The molecule has 4 atom stereocenters. The van der Waals surface area contributed by atoms with E-state index in [4.69, 9.17) is 0 Å². The summed E-state index contributed by atoms with van der Waals surface area (Å²) in [5.41, 5.74) is -15.6. The Hall–Kier alpha value is -2.25. The maximum absolute atomic E-state index is 15.1. The summed E-state index contributed by atoms with van der Waals surface area (Å²) in [4.78, 5) is 22.7. The van der Waals surface area contributed by atoms with E-state index in [1.54, 1.807) is 0 Å². The number of halogens is 9. The van der Waals surface area contributed by atoms with E-state index in [2.05, 4.69) is 22.6 Å². The maximum Gasteiger partial charge on any atom is 0.356 e. The van der Waals surface area contributed by atoms with Crippen molar-refractivity contribution in [2.45, 2.75) is 53.3 Å². The molecule has 5 nitrogen and oxygen atoms in total.